The average molecular weight is 1750 g/mol. The number of aliphatic hydroxyl groups excluding tert-OH is 1. The Morgan fingerprint density at radius 3 is 1.07 bits per heavy atom. The van der Waals surface area contributed by atoms with Crippen molar-refractivity contribution in [3.8, 4) is 0 Å². The van der Waals surface area contributed by atoms with E-state index in [1.807, 2.05) is 0 Å². The highest BCUT2D eigenvalue weighted by Crippen LogP contribution is 2.42. The second kappa shape index (κ2) is 38.9. The number of rotatable bonds is 24. The topological polar surface area (TPSA) is 314 Å². The molecule has 40 heteroatoms. The molecule has 9 atom stereocenters. The number of aromatic nitrogens is 3. The fourth-order valence-electron chi connectivity index (χ4n) is 12.5. The van der Waals surface area contributed by atoms with Gasteiger partial charge in [0.2, 0.25) is 0 Å². The van der Waals surface area contributed by atoms with Gasteiger partial charge in [0.25, 0.3) is 0 Å². The maximum Gasteiger partial charge on any atom is 0.338 e. The Bertz CT molecular complexity index is 4260. The minimum atomic E-state index is -1.82. The number of aliphatic carboxylic acids is 2. The molecule has 0 aliphatic carbocycles. The van der Waals surface area contributed by atoms with Crippen molar-refractivity contribution in [3.63, 3.8) is 0 Å². The highest BCUT2D eigenvalue weighted by molar-refractivity contribution is 9.10. The summed E-state index contributed by atoms with van der Waals surface area (Å²) in [5, 5.41) is 43.3. The van der Waals surface area contributed by atoms with Crippen molar-refractivity contribution in [1.29, 1.82) is 0 Å². The predicted octanol–water partition coefficient (Wildman–Crippen LogP) is 10.0. The third-order valence-corrected chi connectivity index (χ3v) is 21.3. The quantitative estimate of drug-likeness (QED) is 0.0186. The molecular weight excluding hydrogens is 1680 g/mol. The maximum atomic E-state index is 14.9. The Kier molecular flexibility index (Phi) is 29.8. The van der Waals surface area contributed by atoms with Crippen molar-refractivity contribution >= 4 is 125 Å². The summed E-state index contributed by atoms with van der Waals surface area (Å²) in [5.41, 5.74) is 2.53. The molecule has 0 amide bonds. The van der Waals surface area contributed by atoms with Crippen LogP contribution in [0.2, 0.25) is 5.02 Å². The molecule has 3 saturated heterocycles. The maximum absolute atomic E-state index is 14.9. The standard InChI is InChI=1S/C24H24BrF3N4O5S.C24H24ClF3N4O5S.C22H22BrF3N4O3S/c2*1-2-36-24(35)19-17(10-32-8-15(27)21(16(28)9-32)37-11-18(33)34)30-22(23-29-5-6-38-23)31-20(19)13-4-3-12(26)7-14(13)25;1-2-33-22(32)17-16(10-30-8-14(25)19(31)15(26)9-30)28-20(21-27-5-6-34-21)29-18(17)12-4-3-11(24)7-13(12)23/h2*3-7,15-16,20-21H,2,8-11H2,1H3,(H,30,31)(H,33,34);3-7,14-15,18-19,31H,2,8-10H2,1H3,(H,28,29)/t2*15?,16?,20-,21?;14?,15?,18-,19?/m000/s1. The number of hydrogen-bond donors (Lipinski definition) is 6. The smallest absolute Gasteiger partial charge is 0.338 e. The van der Waals surface area contributed by atoms with Crippen LogP contribution in [0.3, 0.4) is 0 Å². The van der Waals surface area contributed by atoms with Crippen LogP contribution in [0.25, 0.3) is 0 Å². The molecule has 25 nitrogen and oxygen atoms in total. The van der Waals surface area contributed by atoms with Gasteiger partial charge in [0.1, 0.15) is 104 Å². The fraction of sp³-hybridized carbons (Fsp3) is 0.414. The molecule has 0 saturated carbocycles. The monoisotopic (exact) mass is 1750 g/mol. The lowest BCUT2D eigenvalue weighted by molar-refractivity contribution is -0.152. The number of carbonyl (C=O) groups is 5. The number of carbonyl (C=O) groups excluding carboxylic acids is 3. The Morgan fingerprint density at radius 2 is 0.791 bits per heavy atom. The van der Waals surface area contributed by atoms with Crippen molar-refractivity contribution in [2.45, 2.75) is 94.2 Å². The number of amidine groups is 3. The van der Waals surface area contributed by atoms with Crippen LogP contribution < -0.4 is 16.0 Å². The summed E-state index contributed by atoms with van der Waals surface area (Å²) in [7, 11) is 0. The molecule has 6 aromatic rings. The first-order valence-electron chi connectivity index (χ1n) is 33.8. The molecule has 6 aliphatic heterocycles. The van der Waals surface area contributed by atoms with E-state index in [1.165, 1.54) is 97.2 Å². The van der Waals surface area contributed by atoms with Crippen LogP contribution in [0.1, 0.15) is 70.6 Å². The van der Waals surface area contributed by atoms with E-state index in [-0.39, 0.29) is 106 Å². The van der Waals surface area contributed by atoms with Crippen molar-refractivity contribution < 1.29 is 102 Å². The first-order valence-corrected chi connectivity index (χ1v) is 38.4. The van der Waals surface area contributed by atoms with Gasteiger partial charge in [0.05, 0.1) is 36.5 Å². The third kappa shape index (κ3) is 21.2. The summed E-state index contributed by atoms with van der Waals surface area (Å²) in [6, 6.07) is 8.90. The molecule has 3 aromatic heterocycles. The number of hydrogen-bond acceptors (Lipinski definition) is 26. The number of alkyl halides is 6. The number of benzene rings is 3. The Morgan fingerprint density at radius 1 is 0.491 bits per heavy atom. The second-order valence-corrected chi connectivity index (χ2v) is 29.7. The van der Waals surface area contributed by atoms with Gasteiger partial charge in [0.15, 0.2) is 32.5 Å². The van der Waals surface area contributed by atoms with Crippen LogP contribution in [-0.4, -0.2) is 240 Å². The number of likely N-dealkylation sites (tertiary alicyclic amines) is 3. The molecule has 110 heavy (non-hydrogen) atoms. The number of nitrogens with one attached hydrogen (secondary N) is 3. The lowest BCUT2D eigenvalue weighted by atomic mass is 9.94. The summed E-state index contributed by atoms with van der Waals surface area (Å²) < 4.78 is 156. The van der Waals surface area contributed by atoms with Gasteiger partial charge < -0.3 is 55.0 Å². The zero-order valence-electron chi connectivity index (χ0n) is 58.2. The second-order valence-electron chi connectivity index (χ2n) is 24.9. The molecule has 3 aromatic carbocycles. The number of aliphatic imine (C=N–C) groups is 3. The normalized spacial score (nSPS) is 24.6. The SMILES string of the molecule is CCOC(=O)C1=C(CN2CC(F)C(O)C(F)C2)NC(c2nccs2)=N[C@H]1c1ccc(F)cc1Br.CCOC(=O)C1=C(CN2CC(F)C(OCC(=O)O)C(F)C2)NC(c2nccs2)=N[C@H]1c1ccc(F)cc1Br.CCOC(=O)C1=C(CN2CC(F)C(OCC(=O)O)C(F)C2)NC(c2nccs2)=N[C@H]1c1ccc(F)cc1Cl. The third-order valence-electron chi connectivity index (χ3n) is 17.2. The first kappa shape index (κ1) is 84.4. The number of carboxylic acids is 2. The molecule has 590 valence electrons. The molecule has 0 radical (unpaired) electrons. The van der Waals surface area contributed by atoms with E-state index < -0.39 is 134 Å². The van der Waals surface area contributed by atoms with E-state index in [4.69, 9.17) is 55.5 Å². The van der Waals surface area contributed by atoms with E-state index in [0.29, 0.717) is 69.6 Å². The minimum absolute atomic E-state index is 0.0264. The summed E-state index contributed by atoms with van der Waals surface area (Å²) in [6.07, 6.45) is -10.8. The highest BCUT2D eigenvalue weighted by Gasteiger charge is 2.45. The largest absolute Gasteiger partial charge is 0.480 e. The van der Waals surface area contributed by atoms with Crippen LogP contribution in [0.4, 0.5) is 39.5 Å². The molecule has 0 bridgehead atoms. The van der Waals surface area contributed by atoms with Crippen molar-refractivity contribution in [2.75, 3.05) is 91.9 Å². The van der Waals surface area contributed by atoms with Gasteiger partial charge >= 0.3 is 29.8 Å². The van der Waals surface area contributed by atoms with Gasteiger partial charge in [-0.15, -0.1) is 34.0 Å². The summed E-state index contributed by atoms with van der Waals surface area (Å²) >= 11 is 16.9. The van der Waals surface area contributed by atoms with Crippen molar-refractivity contribution in [2.24, 2.45) is 15.0 Å². The van der Waals surface area contributed by atoms with Gasteiger partial charge in [-0.05, 0) is 68.3 Å². The lowest BCUT2D eigenvalue weighted by Crippen LogP contribution is -2.54. The van der Waals surface area contributed by atoms with Gasteiger partial charge in [-0.1, -0.05) is 61.7 Å². The van der Waals surface area contributed by atoms with E-state index in [9.17, 15) is 68.6 Å². The van der Waals surface area contributed by atoms with Gasteiger partial charge in [-0.3, -0.25) is 29.7 Å². The average Bonchev–Trinajstić information content (AvgIpc) is 1.02. The number of thiazole rings is 3. The number of nitrogens with zero attached hydrogens (tertiary/aromatic N) is 9. The van der Waals surface area contributed by atoms with Gasteiger partial charge in [0, 0.05) is 130 Å². The first-order chi connectivity index (χ1) is 52.6. The molecular formula is C70H70Br2ClF9N12O13S3. The zero-order valence-corrected chi connectivity index (χ0v) is 64.6. The predicted molar refractivity (Wildman–Crippen MR) is 394 cm³/mol. The molecule has 9 heterocycles. The minimum Gasteiger partial charge on any atom is -0.480 e. The van der Waals surface area contributed by atoms with E-state index >= 15 is 0 Å². The van der Waals surface area contributed by atoms with Crippen LogP contribution >= 0.6 is 77.5 Å². The number of aliphatic hydroxyl groups is 1. The highest BCUT2D eigenvalue weighted by atomic mass is 79.9. The summed E-state index contributed by atoms with van der Waals surface area (Å²) in [6.45, 7) is 1.79. The van der Waals surface area contributed by atoms with Crippen LogP contribution in [-0.2, 0) is 47.7 Å². The molecule has 6 unspecified atom stereocenters. The summed E-state index contributed by atoms with van der Waals surface area (Å²) in [4.78, 5) is 92.2. The molecule has 6 aliphatic rings. The van der Waals surface area contributed by atoms with Crippen LogP contribution in [0.5, 0.6) is 0 Å². The molecule has 3 fully saturated rings. The summed E-state index contributed by atoms with van der Waals surface area (Å²) in [5.74, 6) is -5.27. The zero-order chi connectivity index (χ0) is 79.2. The van der Waals surface area contributed by atoms with Crippen molar-refractivity contribution in [1.82, 2.24) is 45.6 Å². The number of carboxylic acid groups (broad SMARTS) is 2. The van der Waals surface area contributed by atoms with E-state index in [0.717, 1.165) is 6.07 Å². The molecule has 0 spiro atoms. The number of piperidine rings is 3. The van der Waals surface area contributed by atoms with Gasteiger partial charge in [-0.2, -0.15) is 0 Å². The number of ether oxygens (including phenoxy) is 5. The number of halogens is 12. The van der Waals surface area contributed by atoms with Crippen LogP contribution in [0, 0.1) is 17.5 Å². The Labute approximate surface area is 656 Å². The van der Waals surface area contributed by atoms with Crippen molar-refractivity contribution in [3.05, 3.63) is 186 Å². The molecule has 6 N–H and O–H groups in total. The van der Waals surface area contributed by atoms with Gasteiger partial charge in [-0.25, -0.2) is 78.4 Å². The number of esters is 3. The Balaban J connectivity index is 0.000000176. The molecule has 12 rings (SSSR count). The Hall–Kier alpha value is -8.09. The lowest BCUT2D eigenvalue weighted by Gasteiger charge is -2.38. The van der Waals surface area contributed by atoms with Crippen LogP contribution in [0.15, 0.2) is 147 Å². The van der Waals surface area contributed by atoms with E-state index in [1.54, 1.807) is 55.5 Å². The fourth-order valence-corrected chi connectivity index (χ4v) is 15.7. The van der Waals surface area contributed by atoms with E-state index in [2.05, 4.69) is 67.8 Å².